The van der Waals surface area contributed by atoms with Gasteiger partial charge >= 0.3 is 0 Å². The fourth-order valence-corrected chi connectivity index (χ4v) is 3.85. The molecule has 1 aliphatic carbocycles. The monoisotopic (exact) mass is 308 g/mol. The summed E-state index contributed by atoms with van der Waals surface area (Å²) in [5.74, 6) is 0.217. The van der Waals surface area contributed by atoms with Crippen LogP contribution < -0.4 is 0 Å². The van der Waals surface area contributed by atoms with Crippen molar-refractivity contribution in [3.8, 4) is 0 Å². The second-order valence-electron chi connectivity index (χ2n) is 6.98. The number of rotatable bonds is 6. The first-order chi connectivity index (χ1) is 10.7. The molecule has 1 atom stereocenters. The van der Waals surface area contributed by atoms with Crippen molar-refractivity contribution < 1.29 is 13.5 Å². The van der Waals surface area contributed by atoms with E-state index in [0.717, 1.165) is 12.3 Å². The first-order valence-corrected chi connectivity index (χ1v) is 8.77. The van der Waals surface area contributed by atoms with Gasteiger partial charge in [-0.05, 0) is 30.2 Å². The smallest absolute Gasteiger partial charge is 0.164 e. The minimum absolute atomic E-state index is 0.225. The predicted molar refractivity (Wildman–Crippen MR) is 83.7 cm³/mol. The van der Waals surface area contributed by atoms with Crippen molar-refractivity contribution >= 4 is 0 Å². The summed E-state index contributed by atoms with van der Waals surface area (Å²) in [7, 11) is 0. The molecule has 3 heteroatoms. The van der Waals surface area contributed by atoms with Crippen LogP contribution >= 0.6 is 0 Å². The Labute approximate surface area is 132 Å². The molecule has 1 unspecified atom stereocenters. The highest BCUT2D eigenvalue weighted by atomic mass is 19.2. The number of benzene rings is 1. The van der Waals surface area contributed by atoms with Crippen LogP contribution in [0, 0.1) is 23.5 Å². The van der Waals surface area contributed by atoms with E-state index in [1.807, 2.05) is 0 Å². The summed E-state index contributed by atoms with van der Waals surface area (Å²) in [6.45, 7) is 2.76. The molecule has 2 fully saturated rings. The number of hydrogen-bond acceptors (Lipinski definition) is 1. The van der Waals surface area contributed by atoms with Gasteiger partial charge in [-0.15, -0.1) is 0 Å². The summed E-state index contributed by atoms with van der Waals surface area (Å²) in [6, 6.07) is 3.45. The fourth-order valence-electron chi connectivity index (χ4n) is 3.85. The third-order valence-corrected chi connectivity index (χ3v) is 5.36. The molecule has 0 aromatic heterocycles. The van der Waals surface area contributed by atoms with Gasteiger partial charge in [-0.25, -0.2) is 8.78 Å². The summed E-state index contributed by atoms with van der Waals surface area (Å²) in [6.07, 6.45) is 9.16. The Bertz CT molecular complexity index is 502. The molecule has 0 amide bonds. The van der Waals surface area contributed by atoms with Crippen LogP contribution in [0.1, 0.15) is 69.1 Å². The number of aryl methyl sites for hydroxylation is 1. The zero-order chi connectivity index (χ0) is 15.5. The van der Waals surface area contributed by atoms with E-state index >= 15 is 0 Å². The van der Waals surface area contributed by atoms with E-state index in [2.05, 4.69) is 6.92 Å². The highest BCUT2D eigenvalue weighted by molar-refractivity contribution is 5.29. The largest absolute Gasteiger partial charge is 0.368 e. The second-order valence-corrected chi connectivity index (χ2v) is 6.98. The van der Waals surface area contributed by atoms with Gasteiger partial charge in [0.05, 0.1) is 6.61 Å². The maximum atomic E-state index is 14.1. The molecule has 1 aliphatic heterocycles. The molecule has 2 aliphatic rings. The van der Waals surface area contributed by atoms with Gasteiger partial charge in [0.25, 0.3) is 0 Å². The van der Waals surface area contributed by atoms with Gasteiger partial charge in [-0.2, -0.15) is 0 Å². The zero-order valence-electron chi connectivity index (χ0n) is 13.4. The summed E-state index contributed by atoms with van der Waals surface area (Å²) < 4.78 is 33.2. The van der Waals surface area contributed by atoms with E-state index < -0.39 is 11.6 Å². The van der Waals surface area contributed by atoms with Crippen molar-refractivity contribution in [2.45, 2.75) is 64.4 Å². The standard InChI is InChI=1S/C19H26F2O/c1-2-3-13-4-6-14(7-5-13)8-9-15-10-11-16(17-12-22-17)19(21)18(15)20/h10-11,13-14,17H,2-9,12H2,1H3. The quantitative estimate of drug-likeness (QED) is 0.625. The number of hydrogen-bond donors (Lipinski definition) is 0. The minimum Gasteiger partial charge on any atom is -0.368 e. The number of epoxide rings is 1. The maximum absolute atomic E-state index is 14.1. The molecule has 0 radical (unpaired) electrons. The molecule has 1 heterocycles. The van der Waals surface area contributed by atoms with Crippen LogP contribution in [0.2, 0.25) is 0 Å². The Hall–Kier alpha value is -0.960. The van der Waals surface area contributed by atoms with Gasteiger partial charge in [0.2, 0.25) is 0 Å². The van der Waals surface area contributed by atoms with Crippen molar-refractivity contribution in [2.24, 2.45) is 11.8 Å². The Kier molecular flexibility index (Phi) is 5.12. The first kappa shape index (κ1) is 15.9. The van der Waals surface area contributed by atoms with Crippen molar-refractivity contribution in [1.82, 2.24) is 0 Å². The van der Waals surface area contributed by atoms with E-state index in [-0.39, 0.29) is 6.10 Å². The van der Waals surface area contributed by atoms with Gasteiger partial charge < -0.3 is 4.74 Å². The summed E-state index contributed by atoms with van der Waals surface area (Å²) in [4.78, 5) is 0. The Morgan fingerprint density at radius 3 is 2.23 bits per heavy atom. The van der Waals surface area contributed by atoms with Crippen LogP contribution in [0.5, 0.6) is 0 Å². The molecular weight excluding hydrogens is 282 g/mol. The molecule has 0 bridgehead atoms. The normalized spacial score (nSPS) is 27.9. The molecule has 1 aromatic carbocycles. The van der Waals surface area contributed by atoms with Crippen LogP contribution in [-0.2, 0) is 11.2 Å². The Morgan fingerprint density at radius 1 is 1.00 bits per heavy atom. The molecule has 22 heavy (non-hydrogen) atoms. The highest BCUT2D eigenvalue weighted by Gasteiger charge is 2.30. The predicted octanol–water partition coefficient (Wildman–Crippen LogP) is 5.58. The first-order valence-electron chi connectivity index (χ1n) is 8.77. The van der Waals surface area contributed by atoms with E-state index in [4.69, 9.17) is 4.74 Å². The average Bonchev–Trinajstić information content (AvgIpc) is 3.35. The van der Waals surface area contributed by atoms with Gasteiger partial charge in [0, 0.05) is 5.56 Å². The van der Waals surface area contributed by atoms with Crippen LogP contribution in [0.3, 0.4) is 0 Å². The minimum atomic E-state index is -0.702. The molecule has 1 nitrogen and oxygen atoms in total. The molecule has 3 rings (SSSR count). The lowest BCUT2D eigenvalue weighted by Crippen LogP contribution is -2.15. The van der Waals surface area contributed by atoms with E-state index in [1.54, 1.807) is 12.1 Å². The topological polar surface area (TPSA) is 12.5 Å². The third-order valence-electron chi connectivity index (χ3n) is 5.36. The highest BCUT2D eigenvalue weighted by Crippen LogP contribution is 2.36. The molecule has 1 aromatic rings. The molecule has 0 spiro atoms. The van der Waals surface area contributed by atoms with Crippen LogP contribution in [0.25, 0.3) is 0 Å². The molecule has 1 saturated carbocycles. The van der Waals surface area contributed by atoms with Gasteiger partial charge in [-0.1, -0.05) is 57.6 Å². The number of halogens is 2. The van der Waals surface area contributed by atoms with E-state index in [9.17, 15) is 8.78 Å². The Balaban J connectivity index is 1.53. The average molecular weight is 308 g/mol. The zero-order valence-corrected chi connectivity index (χ0v) is 13.4. The van der Waals surface area contributed by atoms with Gasteiger partial charge in [-0.3, -0.25) is 0 Å². The van der Waals surface area contributed by atoms with Crippen molar-refractivity contribution in [3.63, 3.8) is 0 Å². The van der Waals surface area contributed by atoms with Crippen molar-refractivity contribution in [1.29, 1.82) is 0 Å². The number of ether oxygens (including phenoxy) is 1. The van der Waals surface area contributed by atoms with Crippen LogP contribution in [-0.4, -0.2) is 6.61 Å². The third kappa shape index (κ3) is 3.68. The van der Waals surface area contributed by atoms with Crippen molar-refractivity contribution in [3.05, 3.63) is 34.9 Å². The molecule has 1 saturated heterocycles. The van der Waals surface area contributed by atoms with Crippen LogP contribution in [0.15, 0.2) is 12.1 Å². The molecule has 0 N–H and O–H groups in total. The summed E-state index contributed by atoms with van der Waals surface area (Å²) in [5.41, 5.74) is 0.902. The van der Waals surface area contributed by atoms with Crippen molar-refractivity contribution in [2.75, 3.05) is 6.61 Å². The maximum Gasteiger partial charge on any atom is 0.164 e. The van der Waals surface area contributed by atoms with Gasteiger partial charge in [0.15, 0.2) is 11.6 Å². The molecular formula is C19H26F2O. The fraction of sp³-hybridized carbons (Fsp3) is 0.684. The second kappa shape index (κ2) is 7.08. The SMILES string of the molecule is CCCC1CCC(CCc2ccc(C3CO3)c(F)c2F)CC1. The summed E-state index contributed by atoms with van der Waals surface area (Å²) >= 11 is 0. The van der Waals surface area contributed by atoms with E-state index in [0.29, 0.717) is 30.1 Å². The lowest BCUT2D eigenvalue weighted by Gasteiger charge is -2.28. The lowest BCUT2D eigenvalue weighted by molar-refractivity contribution is 0.251. The Morgan fingerprint density at radius 2 is 1.64 bits per heavy atom. The van der Waals surface area contributed by atoms with Crippen LogP contribution in [0.4, 0.5) is 8.78 Å². The summed E-state index contributed by atoms with van der Waals surface area (Å²) in [5, 5.41) is 0. The van der Waals surface area contributed by atoms with E-state index in [1.165, 1.54) is 38.5 Å². The van der Waals surface area contributed by atoms with Gasteiger partial charge in [0.1, 0.15) is 6.10 Å². The lowest BCUT2D eigenvalue weighted by atomic mass is 9.78. The molecule has 122 valence electrons.